The molecule has 0 saturated heterocycles. The van der Waals surface area contributed by atoms with Crippen molar-refractivity contribution in [2.75, 3.05) is 0 Å². The summed E-state index contributed by atoms with van der Waals surface area (Å²) in [4.78, 5) is 30.9. The lowest BCUT2D eigenvalue weighted by atomic mass is 10.1. The first kappa shape index (κ1) is 19.5. The van der Waals surface area contributed by atoms with Gasteiger partial charge in [-0.3, -0.25) is 14.6 Å². The van der Waals surface area contributed by atoms with E-state index >= 15 is 0 Å². The Morgan fingerprint density at radius 2 is 1.75 bits per heavy atom. The van der Waals surface area contributed by atoms with Crippen molar-refractivity contribution in [3.8, 4) is 11.4 Å². The highest BCUT2D eigenvalue weighted by atomic mass is 16.2. The molecule has 2 aliphatic heterocycles. The highest BCUT2D eigenvalue weighted by Gasteiger charge is 2.16. The van der Waals surface area contributed by atoms with E-state index < -0.39 is 11.1 Å². The van der Waals surface area contributed by atoms with Crippen molar-refractivity contribution in [1.82, 2.24) is 14.5 Å². The third-order valence-corrected chi connectivity index (χ3v) is 4.60. The predicted octanol–water partition coefficient (Wildman–Crippen LogP) is 4.16. The van der Waals surface area contributed by atoms with Crippen LogP contribution < -0.4 is 11.1 Å². The zero-order valence-corrected chi connectivity index (χ0v) is 16.5. The van der Waals surface area contributed by atoms with Gasteiger partial charge in [0, 0.05) is 12.6 Å². The number of rotatable bonds is 4. The van der Waals surface area contributed by atoms with Crippen molar-refractivity contribution >= 4 is 11.0 Å². The van der Waals surface area contributed by atoms with E-state index in [1.54, 1.807) is 0 Å². The van der Waals surface area contributed by atoms with Crippen LogP contribution in [0.25, 0.3) is 22.4 Å². The molecule has 2 aliphatic rings. The summed E-state index contributed by atoms with van der Waals surface area (Å²) >= 11 is 0. The van der Waals surface area contributed by atoms with Gasteiger partial charge < -0.3 is 4.57 Å². The van der Waals surface area contributed by atoms with Crippen molar-refractivity contribution in [2.24, 2.45) is 0 Å². The Kier molecular flexibility index (Phi) is 6.04. The van der Waals surface area contributed by atoms with Gasteiger partial charge in [0.15, 0.2) is 5.69 Å². The number of nitrogens with zero attached hydrogens (tertiary/aromatic N) is 2. The number of pyridine rings is 1. The summed E-state index contributed by atoms with van der Waals surface area (Å²) in [5.41, 5.74) is 4.14. The summed E-state index contributed by atoms with van der Waals surface area (Å²) in [5, 5.41) is 0. The Labute approximate surface area is 164 Å². The van der Waals surface area contributed by atoms with Gasteiger partial charge in [-0.2, -0.15) is 0 Å². The number of benzene rings is 2. The first-order chi connectivity index (χ1) is 13.6. The molecule has 0 aliphatic carbocycles. The van der Waals surface area contributed by atoms with Crippen LogP contribution in [0.1, 0.15) is 31.4 Å². The van der Waals surface area contributed by atoms with Gasteiger partial charge in [0.05, 0.1) is 16.7 Å². The van der Waals surface area contributed by atoms with Crippen LogP contribution in [-0.2, 0) is 13.0 Å². The lowest BCUT2D eigenvalue weighted by Gasteiger charge is -2.18. The number of aromatic nitrogens is 3. The Hall–Kier alpha value is -3.21. The molecule has 2 aromatic carbocycles. The number of fused-ring (bicyclic) bond motifs is 2. The minimum absolute atomic E-state index is 0.306. The molecule has 2 aromatic rings. The van der Waals surface area contributed by atoms with Gasteiger partial charge in [0.1, 0.15) is 0 Å². The molecule has 28 heavy (non-hydrogen) atoms. The maximum absolute atomic E-state index is 12.2. The first-order valence-electron chi connectivity index (χ1n) is 9.70. The van der Waals surface area contributed by atoms with Gasteiger partial charge >= 0.3 is 0 Å². The van der Waals surface area contributed by atoms with E-state index in [1.165, 1.54) is 11.6 Å². The van der Waals surface area contributed by atoms with Crippen LogP contribution in [0.4, 0.5) is 0 Å². The average Bonchev–Trinajstić information content (AvgIpc) is 2.71. The molecule has 0 unspecified atom stereocenters. The predicted molar refractivity (Wildman–Crippen MR) is 114 cm³/mol. The van der Waals surface area contributed by atoms with E-state index in [2.05, 4.69) is 28.2 Å². The second-order valence-electron chi connectivity index (χ2n) is 6.54. The van der Waals surface area contributed by atoms with Gasteiger partial charge in [-0.15, -0.1) is 0 Å². The Morgan fingerprint density at radius 1 is 1.00 bits per heavy atom. The monoisotopic (exact) mass is 375 g/mol. The van der Waals surface area contributed by atoms with Gasteiger partial charge in [-0.1, -0.05) is 50.2 Å². The first-order valence-corrected chi connectivity index (χ1v) is 9.70. The standard InChI is InChI=1S/C21H19N3O2.C2H6/c1-14-9-10-16-17(12-14)24(11-5-8-15-6-3-2-4-7-15)18-13-19(25)23-21(26)20(18)22-16;1-2/h2-4,6-7,9-10,12-13H,5,8,11H2,1H3,(H,23,25,26);1-2H3. The number of hydrogen-bond donors (Lipinski definition) is 1. The minimum Gasteiger partial charge on any atom is -0.338 e. The molecule has 4 rings (SSSR count). The van der Waals surface area contributed by atoms with Crippen LogP contribution in [0.3, 0.4) is 0 Å². The van der Waals surface area contributed by atoms with Crippen molar-refractivity contribution in [3.05, 3.63) is 86.4 Å². The molecule has 0 fully saturated rings. The molecule has 0 spiro atoms. The van der Waals surface area contributed by atoms with Crippen LogP contribution in [0.5, 0.6) is 0 Å². The van der Waals surface area contributed by atoms with E-state index in [-0.39, 0.29) is 0 Å². The van der Waals surface area contributed by atoms with Crippen LogP contribution in [0.2, 0.25) is 0 Å². The van der Waals surface area contributed by atoms with Crippen LogP contribution in [0.15, 0.2) is 64.2 Å². The highest BCUT2D eigenvalue weighted by molar-refractivity contribution is 5.80. The number of H-pyrrole nitrogens is 1. The smallest absolute Gasteiger partial charge is 0.278 e. The third kappa shape index (κ3) is 4.03. The summed E-state index contributed by atoms with van der Waals surface area (Å²) in [7, 11) is 0. The lowest BCUT2D eigenvalue weighted by molar-refractivity contribution is 0.659. The van der Waals surface area contributed by atoms with Gasteiger partial charge in [0.25, 0.3) is 11.1 Å². The quantitative estimate of drug-likeness (QED) is 0.545. The second-order valence-corrected chi connectivity index (χ2v) is 6.54. The maximum atomic E-state index is 12.2. The SMILES string of the molecule is CC.Cc1ccc2nc3c(=O)[nH]c(=O)cc-3n(CCCc3ccccc3)c2c1. The third-order valence-electron chi connectivity index (χ3n) is 4.60. The zero-order valence-electron chi connectivity index (χ0n) is 16.5. The summed E-state index contributed by atoms with van der Waals surface area (Å²) in [6.45, 7) is 6.73. The van der Waals surface area contributed by atoms with Crippen molar-refractivity contribution in [1.29, 1.82) is 0 Å². The van der Waals surface area contributed by atoms with E-state index in [4.69, 9.17) is 0 Å². The van der Waals surface area contributed by atoms with Gasteiger partial charge in [-0.25, -0.2) is 4.98 Å². The number of nitrogens with one attached hydrogen (secondary N) is 1. The van der Waals surface area contributed by atoms with E-state index in [0.717, 1.165) is 29.4 Å². The number of aryl methyl sites for hydroxylation is 3. The summed E-state index contributed by atoms with van der Waals surface area (Å²) in [6, 6.07) is 17.7. The molecular weight excluding hydrogens is 350 g/mol. The molecule has 1 N–H and O–H groups in total. The topological polar surface area (TPSA) is 67.8 Å². The summed E-state index contributed by atoms with van der Waals surface area (Å²) in [5.74, 6) is 0. The zero-order chi connectivity index (χ0) is 20.1. The van der Waals surface area contributed by atoms with Crippen molar-refractivity contribution < 1.29 is 0 Å². The molecule has 5 heteroatoms. The van der Waals surface area contributed by atoms with E-state index in [9.17, 15) is 9.59 Å². The molecule has 0 saturated carbocycles. The fraction of sp³-hybridized carbons (Fsp3) is 0.261. The van der Waals surface area contributed by atoms with E-state index in [1.807, 2.05) is 55.7 Å². The van der Waals surface area contributed by atoms with Crippen LogP contribution in [0, 0.1) is 6.92 Å². The summed E-state index contributed by atoms with van der Waals surface area (Å²) < 4.78 is 2.05. The van der Waals surface area contributed by atoms with Gasteiger partial charge in [-0.05, 0) is 43.0 Å². The fourth-order valence-electron chi connectivity index (χ4n) is 3.35. The molecule has 0 radical (unpaired) electrons. The van der Waals surface area contributed by atoms with Crippen LogP contribution >= 0.6 is 0 Å². The average molecular weight is 375 g/mol. The molecule has 0 atom stereocenters. The molecule has 0 aromatic heterocycles. The van der Waals surface area contributed by atoms with E-state index in [0.29, 0.717) is 17.9 Å². The summed E-state index contributed by atoms with van der Waals surface area (Å²) in [6.07, 6.45) is 1.83. The fourth-order valence-corrected chi connectivity index (χ4v) is 3.35. The van der Waals surface area contributed by atoms with Crippen molar-refractivity contribution in [2.45, 2.75) is 40.2 Å². The second kappa shape index (κ2) is 8.65. The molecule has 144 valence electrons. The minimum atomic E-state index is -0.438. The Balaban J connectivity index is 0.00000109. The molecule has 0 bridgehead atoms. The van der Waals surface area contributed by atoms with Crippen LogP contribution in [-0.4, -0.2) is 14.5 Å². The normalized spacial score (nSPS) is 10.7. The highest BCUT2D eigenvalue weighted by Crippen LogP contribution is 2.23. The molecule has 2 heterocycles. The Morgan fingerprint density at radius 3 is 2.50 bits per heavy atom. The Bertz CT molecular complexity index is 1160. The van der Waals surface area contributed by atoms with Crippen molar-refractivity contribution in [3.63, 3.8) is 0 Å². The maximum Gasteiger partial charge on any atom is 0.278 e. The number of hydrogen-bond acceptors (Lipinski definition) is 3. The molecule has 0 amide bonds. The lowest BCUT2D eigenvalue weighted by Crippen LogP contribution is -2.25. The van der Waals surface area contributed by atoms with Gasteiger partial charge in [0.2, 0.25) is 0 Å². The number of aromatic amines is 1. The molecular formula is C23H25N3O2. The molecule has 5 nitrogen and oxygen atoms in total. The largest absolute Gasteiger partial charge is 0.338 e.